The Morgan fingerprint density at radius 1 is 1.15 bits per heavy atom. The van der Waals surface area contributed by atoms with Gasteiger partial charge in [-0.3, -0.25) is 4.79 Å². The average Bonchev–Trinajstić information content (AvgIpc) is 3.23. The molecule has 5 aromatic rings. The van der Waals surface area contributed by atoms with Crippen molar-refractivity contribution >= 4 is 28.3 Å². The molecule has 0 unspecified atom stereocenters. The quantitative estimate of drug-likeness (QED) is 0.257. The van der Waals surface area contributed by atoms with E-state index in [1.165, 1.54) is 12.3 Å². The van der Waals surface area contributed by atoms with Crippen LogP contribution in [0, 0.1) is 25.2 Å². The molecule has 0 radical (unpaired) electrons. The minimum atomic E-state index is -0.284. The lowest BCUT2D eigenvalue weighted by Gasteiger charge is -2.14. The predicted octanol–water partition coefficient (Wildman–Crippen LogP) is 6.29. The molecule has 3 heterocycles. The number of nitrogens with one attached hydrogen (secondary N) is 1. The Balaban J connectivity index is 1.69. The highest BCUT2D eigenvalue weighted by molar-refractivity contribution is 6.11. The van der Waals surface area contributed by atoms with E-state index in [0.717, 1.165) is 33.6 Å². The Bertz CT molecular complexity index is 1800. The Morgan fingerprint density at radius 2 is 1.92 bits per heavy atom. The summed E-state index contributed by atoms with van der Waals surface area (Å²) in [5.41, 5.74) is 13.5. The van der Waals surface area contributed by atoms with Crippen molar-refractivity contribution in [2.75, 3.05) is 11.1 Å². The van der Waals surface area contributed by atoms with Crippen molar-refractivity contribution in [3.8, 4) is 40.1 Å². The molecule has 0 aliphatic carbocycles. The lowest BCUT2D eigenvalue weighted by Crippen LogP contribution is -2.07. The minimum absolute atomic E-state index is 0.284. The number of hydrogen-bond acceptors (Lipinski definition) is 6. The second-order valence-corrected chi connectivity index (χ2v) is 9.14. The van der Waals surface area contributed by atoms with Gasteiger partial charge in [-0.05, 0) is 61.4 Å². The van der Waals surface area contributed by atoms with Gasteiger partial charge in [0, 0.05) is 41.8 Å². The second-order valence-electron chi connectivity index (χ2n) is 9.14. The number of ether oxygens (including phenoxy) is 1. The zero-order chi connectivity index (χ0) is 27.7. The number of anilines is 2. The minimum Gasteiger partial charge on any atom is -0.439 e. The van der Waals surface area contributed by atoms with Gasteiger partial charge in [-0.25, -0.2) is 9.97 Å². The molecule has 39 heavy (non-hydrogen) atoms. The highest BCUT2D eigenvalue weighted by atomic mass is 16.5. The molecule has 0 aliphatic rings. The summed E-state index contributed by atoms with van der Waals surface area (Å²) in [6.07, 6.45) is 2.73. The first kappa shape index (κ1) is 25.2. The number of nitriles is 1. The Morgan fingerprint density at radius 3 is 2.59 bits per heavy atom. The molecule has 0 bridgehead atoms. The molecular weight excluding hydrogens is 488 g/mol. The fraction of sp³-hybridized carbons (Fsp3) is 0.0968. The maximum absolute atomic E-state index is 11.8. The molecule has 0 fully saturated rings. The first-order chi connectivity index (χ1) is 18.8. The van der Waals surface area contributed by atoms with E-state index < -0.39 is 0 Å². The van der Waals surface area contributed by atoms with Crippen LogP contribution >= 0.6 is 0 Å². The number of pyridine rings is 2. The first-order valence-electron chi connectivity index (χ1n) is 12.2. The van der Waals surface area contributed by atoms with E-state index in [0.29, 0.717) is 39.6 Å². The van der Waals surface area contributed by atoms with E-state index in [1.807, 2.05) is 86.1 Å². The van der Waals surface area contributed by atoms with Crippen LogP contribution in [-0.2, 0) is 11.8 Å². The number of aryl methyl sites for hydroxylation is 3. The van der Waals surface area contributed by atoms with Crippen molar-refractivity contribution < 1.29 is 9.53 Å². The number of nitrogens with zero attached hydrogens (tertiary/aromatic N) is 4. The molecule has 0 atom stereocenters. The van der Waals surface area contributed by atoms with Gasteiger partial charge in [0.2, 0.25) is 11.8 Å². The smallest absolute Gasteiger partial charge is 0.247 e. The van der Waals surface area contributed by atoms with Crippen LogP contribution in [0.15, 0.2) is 79.5 Å². The summed E-state index contributed by atoms with van der Waals surface area (Å²) in [4.78, 5) is 20.6. The fourth-order valence-electron chi connectivity index (χ4n) is 4.77. The van der Waals surface area contributed by atoms with Gasteiger partial charge in [0.15, 0.2) is 0 Å². The van der Waals surface area contributed by atoms with Crippen LogP contribution in [0.25, 0.3) is 33.3 Å². The molecule has 8 nitrogen and oxygen atoms in total. The number of fused-ring (bicyclic) bond motifs is 1. The number of nitrogen functional groups attached to an aromatic ring is 1. The molecule has 5 rings (SSSR count). The summed E-state index contributed by atoms with van der Waals surface area (Å²) in [6, 6.07) is 21.2. The maximum atomic E-state index is 11.8. The summed E-state index contributed by atoms with van der Waals surface area (Å²) in [7, 11) is 1.91. The number of rotatable bonds is 6. The molecule has 3 aromatic heterocycles. The molecule has 0 spiro atoms. The number of aromatic nitrogens is 3. The van der Waals surface area contributed by atoms with Crippen LogP contribution in [0.2, 0.25) is 0 Å². The van der Waals surface area contributed by atoms with Gasteiger partial charge in [-0.15, -0.1) is 0 Å². The average molecular weight is 515 g/mol. The van der Waals surface area contributed by atoms with Crippen LogP contribution < -0.4 is 15.8 Å². The number of hydrogen-bond donors (Lipinski definition) is 2. The maximum Gasteiger partial charge on any atom is 0.247 e. The number of carbonyl (C=O) groups excluding carboxylic acids is 1. The molecule has 2 aromatic carbocycles. The third-order valence-corrected chi connectivity index (χ3v) is 6.52. The monoisotopic (exact) mass is 514 g/mol. The van der Waals surface area contributed by atoms with E-state index in [1.54, 1.807) is 0 Å². The highest BCUT2D eigenvalue weighted by Gasteiger charge is 2.24. The largest absolute Gasteiger partial charge is 0.439 e. The molecule has 0 saturated heterocycles. The van der Waals surface area contributed by atoms with Gasteiger partial charge in [0.05, 0.1) is 22.2 Å². The normalized spacial score (nSPS) is 10.7. The SMILES string of the molecule is C=CC(=O)Nc1ccc(-c2c(-c3ccc(Oc4cccc(C)n4)cc3)c3c(N)ncc(C#N)c3n2C)c(C)c1. The van der Waals surface area contributed by atoms with Gasteiger partial charge in [0.25, 0.3) is 0 Å². The number of benzene rings is 2. The van der Waals surface area contributed by atoms with Crippen molar-refractivity contribution in [3.05, 3.63) is 96.3 Å². The van der Waals surface area contributed by atoms with Crippen molar-refractivity contribution in [2.24, 2.45) is 7.05 Å². The molecule has 0 aliphatic heterocycles. The number of carbonyl (C=O) groups is 1. The standard InChI is InChI=1S/C31H26N6O2/c1-5-25(38)36-22-11-14-24(18(2)15-22)30-27(28-29(37(30)4)21(16-32)17-34-31(28)33)20-9-12-23(13-10-20)39-26-8-6-7-19(3)35-26/h5-15,17H,1H2,2-4H3,(H2,33,34)(H,36,38). The van der Waals surface area contributed by atoms with Gasteiger partial charge in [-0.2, -0.15) is 5.26 Å². The molecule has 8 heteroatoms. The molecule has 192 valence electrons. The summed E-state index contributed by atoms with van der Waals surface area (Å²) in [6.45, 7) is 7.39. The van der Waals surface area contributed by atoms with Gasteiger partial charge in [-0.1, -0.05) is 30.8 Å². The summed E-state index contributed by atoms with van der Waals surface area (Å²) < 4.78 is 7.93. The van der Waals surface area contributed by atoms with E-state index in [9.17, 15) is 10.1 Å². The topological polar surface area (TPSA) is 119 Å². The van der Waals surface area contributed by atoms with Crippen LogP contribution in [0.3, 0.4) is 0 Å². The van der Waals surface area contributed by atoms with Crippen molar-refractivity contribution in [1.82, 2.24) is 14.5 Å². The van der Waals surface area contributed by atoms with Crippen LogP contribution in [0.5, 0.6) is 11.6 Å². The van der Waals surface area contributed by atoms with E-state index >= 15 is 0 Å². The molecular formula is C31H26N6O2. The van der Waals surface area contributed by atoms with Gasteiger partial charge >= 0.3 is 0 Å². The van der Waals surface area contributed by atoms with Crippen LogP contribution in [0.4, 0.5) is 11.5 Å². The predicted molar refractivity (Wildman–Crippen MR) is 153 cm³/mol. The van der Waals surface area contributed by atoms with E-state index in [4.69, 9.17) is 10.5 Å². The summed E-state index contributed by atoms with van der Waals surface area (Å²) in [5, 5.41) is 13.4. The first-order valence-corrected chi connectivity index (χ1v) is 12.2. The van der Waals surface area contributed by atoms with Gasteiger partial charge in [0.1, 0.15) is 17.6 Å². The van der Waals surface area contributed by atoms with Crippen LogP contribution in [-0.4, -0.2) is 20.4 Å². The number of nitrogens with two attached hydrogens (primary N) is 1. The molecule has 0 saturated carbocycles. The molecule has 3 N–H and O–H groups in total. The summed E-state index contributed by atoms with van der Waals surface area (Å²) in [5.74, 6) is 1.20. The fourth-order valence-corrected chi connectivity index (χ4v) is 4.77. The highest BCUT2D eigenvalue weighted by Crippen LogP contribution is 2.44. The zero-order valence-corrected chi connectivity index (χ0v) is 21.8. The number of amides is 1. The van der Waals surface area contributed by atoms with E-state index in [2.05, 4.69) is 27.9 Å². The van der Waals surface area contributed by atoms with Crippen molar-refractivity contribution in [2.45, 2.75) is 13.8 Å². The van der Waals surface area contributed by atoms with Crippen LogP contribution in [0.1, 0.15) is 16.8 Å². The third-order valence-electron chi connectivity index (χ3n) is 6.52. The van der Waals surface area contributed by atoms with Gasteiger partial charge < -0.3 is 20.4 Å². The van der Waals surface area contributed by atoms with Crippen molar-refractivity contribution in [1.29, 1.82) is 5.26 Å². The third kappa shape index (κ3) is 4.69. The Hall–Kier alpha value is -5.42. The second kappa shape index (κ2) is 10.1. The Kier molecular flexibility index (Phi) is 6.57. The summed E-state index contributed by atoms with van der Waals surface area (Å²) >= 11 is 0. The lowest BCUT2D eigenvalue weighted by atomic mass is 9.95. The van der Waals surface area contributed by atoms with E-state index in [-0.39, 0.29) is 5.91 Å². The van der Waals surface area contributed by atoms with Crippen molar-refractivity contribution in [3.63, 3.8) is 0 Å². The molecule has 1 amide bonds. The lowest BCUT2D eigenvalue weighted by molar-refractivity contribution is -0.111. The Labute approximate surface area is 226 Å². The zero-order valence-electron chi connectivity index (χ0n) is 21.8.